The number of hydrogen-bond donors (Lipinski definition) is 2. The van der Waals surface area contributed by atoms with Crippen molar-refractivity contribution in [1.29, 1.82) is 0 Å². The van der Waals surface area contributed by atoms with Gasteiger partial charge in [0.1, 0.15) is 11.9 Å². The van der Waals surface area contributed by atoms with Crippen molar-refractivity contribution in [2.75, 3.05) is 5.73 Å². The molecule has 0 fully saturated rings. The monoisotopic (exact) mass is 230 g/mol. The van der Waals surface area contributed by atoms with Gasteiger partial charge < -0.3 is 16.0 Å². The summed E-state index contributed by atoms with van der Waals surface area (Å²) in [5, 5.41) is 0. The van der Waals surface area contributed by atoms with E-state index in [1.807, 2.05) is 18.2 Å². The molecule has 5 heteroatoms. The number of primary amides is 1. The highest BCUT2D eigenvalue weighted by Gasteiger charge is 2.15. The summed E-state index contributed by atoms with van der Waals surface area (Å²) in [6.45, 7) is 1.74. The summed E-state index contributed by atoms with van der Waals surface area (Å²) in [5.74, 6) is 0.289. The van der Waals surface area contributed by atoms with Crippen molar-refractivity contribution < 1.29 is 4.79 Å². The normalized spacial score (nSPS) is 12.3. The van der Waals surface area contributed by atoms with Gasteiger partial charge in [0.15, 0.2) is 0 Å². The lowest BCUT2D eigenvalue weighted by Crippen LogP contribution is -2.24. The second kappa shape index (κ2) is 4.29. The van der Waals surface area contributed by atoms with Crippen molar-refractivity contribution in [2.24, 2.45) is 5.73 Å². The second-order valence-corrected chi connectivity index (χ2v) is 3.86. The Morgan fingerprint density at radius 2 is 2.24 bits per heavy atom. The summed E-state index contributed by atoms with van der Waals surface area (Å²) < 4.78 is 1.73. The Labute approximate surface area is 99.1 Å². The lowest BCUT2D eigenvalue weighted by molar-refractivity contribution is -0.120. The molecule has 0 aliphatic rings. The summed E-state index contributed by atoms with van der Waals surface area (Å²) in [4.78, 5) is 15.4. The number of aromatic nitrogens is 2. The first-order chi connectivity index (χ1) is 8.09. The predicted molar refractivity (Wildman–Crippen MR) is 66.0 cm³/mol. The van der Waals surface area contributed by atoms with Crippen LogP contribution in [-0.2, 0) is 4.79 Å². The average Bonchev–Trinajstić information content (AvgIpc) is 2.76. The van der Waals surface area contributed by atoms with E-state index >= 15 is 0 Å². The van der Waals surface area contributed by atoms with E-state index in [1.54, 1.807) is 30.0 Å². The van der Waals surface area contributed by atoms with Gasteiger partial charge >= 0.3 is 0 Å². The number of nitrogens with zero attached hydrogens (tertiary/aromatic N) is 2. The quantitative estimate of drug-likeness (QED) is 0.776. The number of anilines is 1. The first kappa shape index (κ1) is 11.2. The fourth-order valence-electron chi connectivity index (χ4n) is 1.66. The van der Waals surface area contributed by atoms with Gasteiger partial charge in [-0.1, -0.05) is 12.1 Å². The van der Waals surface area contributed by atoms with Crippen LogP contribution < -0.4 is 11.5 Å². The number of nitrogens with two attached hydrogens (primary N) is 2. The first-order valence-corrected chi connectivity index (χ1v) is 5.27. The molecule has 1 unspecified atom stereocenters. The van der Waals surface area contributed by atoms with Crippen LogP contribution in [0.5, 0.6) is 0 Å². The molecule has 0 saturated carbocycles. The molecule has 1 heterocycles. The maximum Gasteiger partial charge on any atom is 0.240 e. The van der Waals surface area contributed by atoms with Gasteiger partial charge in [-0.05, 0) is 19.1 Å². The Morgan fingerprint density at radius 1 is 1.47 bits per heavy atom. The largest absolute Gasteiger partial charge is 0.399 e. The van der Waals surface area contributed by atoms with Gasteiger partial charge in [-0.25, -0.2) is 4.98 Å². The molecule has 1 atom stereocenters. The summed E-state index contributed by atoms with van der Waals surface area (Å²) in [5.41, 5.74) is 12.5. The molecule has 1 amide bonds. The van der Waals surface area contributed by atoms with Gasteiger partial charge in [-0.15, -0.1) is 0 Å². The maximum atomic E-state index is 11.2. The maximum absolute atomic E-state index is 11.2. The highest BCUT2D eigenvalue weighted by atomic mass is 16.1. The van der Waals surface area contributed by atoms with Crippen LogP contribution in [-0.4, -0.2) is 15.5 Å². The smallest absolute Gasteiger partial charge is 0.240 e. The van der Waals surface area contributed by atoms with Gasteiger partial charge in [0.25, 0.3) is 0 Å². The number of amides is 1. The van der Waals surface area contributed by atoms with Crippen LogP contribution in [0.4, 0.5) is 5.69 Å². The number of benzene rings is 1. The average molecular weight is 230 g/mol. The van der Waals surface area contributed by atoms with E-state index in [1.165, 1.54) is 0 Å². The van der Waals surface area contributed by atoms with Crippen molar-refractivity contribution in [1.82, 2.24) is 9.55 Å². The number of carbonyl (C=O) groups is 1. The van der Waals surface area contributed by atoms with Crippen LogP contribution in [0, 0.1) is 0 Å². The third-order valence-corrected chi connectivity index (χ3v) is 2.64. The fourth-order valence-corrected chi connectivity index (χ4v) is 1.66. The number of imidazole rings is 1. The zero-order chi connectivity index (χ0) is 12.4. The van der Waals surface area contributed by atoms with E-state index in [2.05, 4.69) is 4.98 Å². The topological polar surface area (TPSA) is 86.9 Å². The van der Waals surface area contributed by atoms with E-state index in [0.717, 1.165) is 5.56 Å². The van der Waals surface area contributed by atoms with Crippen LogP contribution in [0.2, 0.25) is 0 Å². The minimum Gasteiger partial charge on any atom is -0.399 e. The molecule has 5 nitrogen and oxygen atoms in total. The van der Waals surface area contributed by atoms with Gasteiger partial charge in [0.2, 0.25) is 5.91 Å². The van der Waals surface area contributed by atoms with Gasteiger partial charge in [0.05, 0.1) is 0 Å². The molecule has 0 saturated heterocycles. The van der Waals surface area contributed by atoms with Crippen LogP contribution in [0.3, 0.4) is 0 Å². The van der Waals surface area contributed by atoms with Gasteiger partial charge in [0, 0.05) is 23.6 Å². The highest BCUT2D eigenvalue weighted by Crippen LogP contribution is 2.22. The zero-order valence-electron chi connectivity index (χ0n) is 9.50. The number of nitrogen functional groups attached to an aromatic ring is 1. The first-order valence-electron chi connectivity index (χ1n) is 5.27. The molecule has 0 radical (unpaired) electrons. The van der Waals surface area contributed by atoms with Crippen molar-refractivity contribution in [3.8, 4) is 11.4 Å². The van der Waals surface area contributed by atoms with Crippen molar-refractivity contribution in [2.45, 2.75) is 13.0 Å². The van der Waals surface area contributed by atoms with Crippen LogP contribution >= 0.6 is 0 Å². The molecular formula is C12H14N4O. The molecule has 0 aliphatic carbocycles. The molecule has 1 aromatic carbocycles. The molecule has 4 N–H and O–H groups in total. The SMILES string of the molecule is CC(C(N)=O)n1ccnc1-c1cccc(N)c1. The van der Waals surface area contributed by atoms with Crippen molar-refractivity contribution in [3.05, 3.63) is 36.7 Å². The Hall–Kier alpha value is -2.30. The van der Waals surface area contributed by atoms with E-state index in [9.17, 15) is 4.79 Å². The van der Waals surface area contributed by atoms with E-state index in [0.29, 0.717) is 11.5 Å². The third-order valence-electron chi connectivity index (χ3n) is 2.64. The fraction of sp³-hybridized carbons (Fsp3) is 0.167. The van der Waals surface area contributed by atoms with Crippen molar-refractivity contribution in [3.63, 3.8) is 0 Å². The summed E-state index contributed by atoms with van der Waals surface area (Å²) in [6, 6.07) is 6.91. The van der Waals surface area contributed by atoms with E-state index < -0.39 is 11.9 Å². The minimum absolute atomic E-state index is 0.395. The van der Waals surface area contributed by atoms with Crippen molar-refractivity contribution >= 4 is 11.6 Å². The summed E-state index contributed by atoms with van der Waals surface area (Å²) >= 11 is 0. The highest BCUT2D eigenvalue weighted by molar-refractivity contribution is 5.78. The predicted octanol–water partition coefficient (Wildman–Crippen LogP) is 1.18. The molecule has 88 valence electrons. The second-order valence-electron chi connectivity index (χ2n) is 3.86. The molecule has 1 aromatic heterocycles. The Balaban J connectivity index is 2.47. The summed E-state index contributed by atoms with van der Waals surface area (Å²) in [7, 11) is 0. The van der Waals surface area contributed by atoms with E-state index in [-0.39, 0.29) is 0 Å². The molecule has 2 aromatic rings. The lowest BCUT2D eigenvalue weighted by Gasteiger charge is -2.13. The number of rotatable bonds is 3. The van der Waals surface area contributed by atoms with Crippen LogP contribution in [0.1, 0.15) is 13.0 Å². The zero-order valence-corrected chi connectivity index (χ0v) is 9.50. The molecule has 17 heavy (non-hydrogen) atoms. The third kappa shape index (κ3) is 2.13. The number of hydrogen-bond acceptors (Lipinski definition) is 3. The Morgan fingerprint density at radius 3 is 2.88 bits per heavy atom. The molecule has 0 bridgehead atoms. The lowest BCUT2D eigenvalue weighted by atomic mass is 10.2. The van der Waals surface area contributed by atoms with Gasteiger partial charge in [-0.2, -0.15) is 0 Å². The van der Waals surface area contributed by atoms with E-state index in [4.69, 9.17) is 11.5 Å². The number of carbonyl (C=O) groups excluding carboxylic acids is 1. The summed E-state index contributed by atoms with van der Waals surface area (Å²) in [6.07, 6.45) is 3.37. The molecular weight excluding hydrogens is 216 g/mol. The molecule has 0 spiro atoms. The van der Waals surface area contributed by atoms with Crippen LogP contribution in [0.15, 0.2) is 36.7 Å². The molecule has 2 rings (SSSR count). The van der Waals surface area contributed by atoms with Crippen LogP contribution in [0.25, 0.3) is 11.4 Å². The molecule has 0 aliphatic heterocycles. The van der Waals surface area contributed by atoms with Gasteiger partial charge in [-0.3, -0.25) is 4.79 Å². The standard InChI is InChI=1S/C12H14N4O/c1-8(11(14)17)16-6-5-15-12(16)9-3-2-4-10(13)7-9/h2-8H,13H2,1H3,(H2,14,17). The Kier molecular flexibility index (Phi) is 2.82. The minimum atomic E-state index is -0.436. The Bertz CT molecular complexity index is 547.